The standard InChI is InChI=1S/C12H11N2O.Sn/c1-3-14-8-9(7-13)11-5-4-10(15-2)6-12(11)14;/h4-6H,3H2,1-2H3;. The first kappa shape index (κ1) is 11.3. The van der Waals surface area contributed by atoms with Gasteiger partial charge in [0.05, 0.1) is 0 Å². The third-order valence-corrected chi connectivity index (χ3v) is 4.18. The quantitative estimate of drug-likeness (QED) is 0.784. The van der Waals surface area contributed by atoms with E-state index in [2.05, 4.69) is 17.6 Å². The van der Waals surface area contributed by atoms with E-state index >= 15 is 0 Å². The van der Waals surface area contributed by atoms with E-state index in [9.17, 15) is 5.26 Å². The number of benzene rings is 1. The number of nitriles is 1. The van der Waals surface area contributed by atoms with Crippen LogP contribution >= 0.6 is 0 Å². The molecule has 0 aliphatic rings. The average Bonchev–Trinajstić information content (AvgIpc) is 2.59. The van der Waals surface area contributed by atoms with Gasteiger partial charge in [0.1, 0.15) is 0 Å². The zero-order valence-corrected chi connectivity index (χ0v) is 12.1. The number of aryl methyl sites for hydroxylation is 1. The third-order valence-electron chi connectivity index (χ3n) is 2.70. The van der Waals surface area contributed by atoms with Gasteiger partial charge in [-0.1, -0.05) is 0 Å². The molecule has 1 heterocycles. The molecule has 0 atom stereocenters. The van der Waals surface area contributed by atoms with Crippen LogP contribution in [-0.4, -0.2) is 34.2 Å². The summed E-state index contributed by atoms with van der Waals surface area (Å²) in [6.07, 6.45) is 0. The average molecular weight is 318 g/mol. The number of methoxy groups -OCH3 is 1. The summed E-state index contributed by atoms with van der Waals surface area (Å²) in [5.41, 5.74) is 1.89. The molecule has 0 amide bonds. The van der Waals surface area contributed by atoms with Crippen LogP contribution in [0.25, 0.3) is 10.9 Å². The molecule has 0 saturated carbocycles. The summed E-state index contributed by atoms with van der Waals surface area (Å²) in [5.74, 6) is 0.833. The van der Waals surface area contributed by atoms with Gasteiger partial charge < -0.3 is 0 Å². The maximum absolute atomic E-state index is 9.17. The van der Waals surface area contributed by atoms with Crippen LogP contribution in [0.1, 0.15) is 12.5 Å². The van der Waals surface area contributed by atoms with Gasteiger partial charge in [0.2, 0.25) is 0 Å². The summed E-state index contributed by atoms with van der Waals surface area (Å²) in [7, 11) is 1.66. The Morgan fingerprint density at radius 3 is 2.81 bits per heavy atom. The van der Waals surface area contributed by atoms with Gasteiger partial charge >= 0.3 is 108 Å². The zero-order valence-electron chi connectivity index (χ0n) is 9.24. The monoisotopic (exact) mass is 319 g/mol. The molecule has 0 saturated heterocycles. The van der Waals surface area contributed by atoms with Gasteiger partial charge in [0.25, 0.3) is 0 Å². The number of aromatic nitrogens is 1. The van der Waals surface area contributed by atoms with Crippen molar-refractivity contribution in [3.05, 3.63) is 23.8 Å². The number of fused-ring (bicyclic) bond motifs is 1. The van der Waals surface area contributed by atoms with Crippen molar-refractivity contribution in [2.45, 2.75) is 13.5 Å². The van der Waals surface area contributed by atoms with Crippen LogP contribution in [0.15, 0.2) is 18.2 Å². The molecule has 0 fully saturated rings. The molecule has 3 nitrogen and oxygen atoms in total. The molecule has 0 aliphatic heterocycles. The summed E-state index contributed by atoms with van der Waals surface area (Å²) >= 11 is 1.27. The number of ether oxygens (including phenoxy) is 1. The number of nitrogens with zero attached hydrogens (tertiary/aromatic N) is 2. The Kier molecular flexibility index (Phi) is 3.10. The van der Waals surface area contributed by atoms with E-state index in [1.165, 1.54) is 22.5 Å². The van der Waals surface area contributed by atoms with Gasteiger partial charge in [-0.15, -0.1) is 0 Å². The molecule has 79 valence electrons. The van der Waals surface area contributed by atoms with Crippen molar-refractivity contribution < 1.29 is 4.74 Å². The molecule has 0 spiro atoms. The Hall–Kier alpha value is -1.15. The molecule has 0 unspecified atom stereocenters. The number of rotatable bonds is 2. The number of hydrogen-bond acceptors (Lipinski definition) is 2. The predicted octanol–water partition coefficient (Wildman–Crippen LogP) is 1.34. The second kappa shape index (κ2) is 4.38. The van der Waals surface area contributed by atoms with Crippen molar-refractivity contribution in [2.75, 3.05) is 7.11 Å². The van der Waals surface area contributed by atoms with Crippen LogP contribution in [0, 0.1) is 11.3 Å². The maximum atomic E-state index is 9.17. The molecule has 2 aromatic rings. The fourth-order valence-electron chi connectivity index (χ4n) is 1.90. The summed E-state index contributed by atoms with van der Waals surface area (Å²) < 4.78 is 8.50. The van der Waals surface area contributed by atoms with Crippen molar-refractivity contribution in [3.8, 4) is 11.8 Å². The fourth-order valence-corrected chi connectivity index (χ4v) is 3.24. The third kappa shape index (κ3) is 1.57. The van der Waals surface area contributed by atoms with Gasteiger partial charge in [-0.3, -0.25) is 0 Å². The second-order valence-corrected chi connectivity index (χ2v) is 4.81. The molecule has 4 heteroatoms. The number of hydrogen-bond donors (Lipinski definition) is 0. The van der Waals surface area contributed by atoms with Crippen LogP contribution in [0.4, 0.5) is 0 Å². The van der Waals surface area contributed by atoms with Crippen LogP contribution in [0.2, 0.25) is 0 Å². The molecule has 0 N–H and O–H groups in total. The van der Waals surface area contributed by atoms with Crippen LogP contribution in [-0.2, 0) is 6.54 Å². The van der Waals surface area contributed by atoms with Gasteiger partial charge in [-0.2, -0.15) is 0 Å². The summed E-state index contributed by atoms with van der Waals surface area (Å²) in [5, 5.41) is 10.2. The normalized spacial score (nSPS) is 10.4. The Balaban J connectivity index is 2.85. The second-order valence-electron chi connectivity index (χ2n) is 3.46. The fraction of sp³-hybridized carbons (Fsp3) is 0.250. The molecular weight excluding hydrogens is 307 g/mol. The van der Waals surface area contributed by atoms with E-state index in [4.69, 9.17) is 4.74 Å². The molecule has 16 heavy (non-hydrogen) atoms. The van der Waals surface area contributed by atoms with Crippen molar-refractivity contribution in [3.63, 3.8) is 0 Å². The molecule has 0 aliphatic carbocycles. The Labute approximate surface area is 108 Å². The molecule has 0 bridgehead atoms. The van der Waals surface area contributed by atoms with Crippen LogP contribution in [0.5, 0.6) is 5.75 Å². The Morgan fingerprint density at radius 2 is 2.25 bits per heavy atom. The Bertz CT molecular complexity index is 581. The van der Waals surface area contributed by atoms with Gasteiger partial charge in [-0.25, -0.2) is 0 Å². The zero-order chi connectivity index (χ0) is 11.7. The topological polar surface area (TPSA) is 38.0 Å². The first-order valence-electron chi connectivity index (χ1n) is 5.04. The van der Waals surface area contributed by atoms with E-state index in [1.807, 2.05) is 18.2 Å². The molecule has 1 aromatic heterocycles. The minimum absolute atomic E-state index is 0.803. The van der Waals surface area contributed by atoms with Crippen molar-refractivity contribution >= 4 is 37.1 Å². The molecule has 1 aromatic carbocycles. The van der Waals surface area contributed by atoms with E-state index in [1.54, 1.807) is 7.11 Å². The SMILES string of the molecule is CCn1[c]([Sn])c(C#N)c2ccc(OC)cc21. The predicted molar refractivity (Wildman–Crippen MR) is 64.3 cm³/mol. The van der Waals surface area contributed by atoms with E-state index in [-0.39, 0.29) is 0 Å². The minimum atomic E-state index is 0.803. The molecule has 2 rings (SSSR count). The van der Waals surface area contributed by atoms with Crippen molar-refractivity contribution in [2.24, 2.45) is 0 Å². The van der Waals surface area contributed by atoms with Gasteiger partial charge in [0, 0.05) is 0 Å². The van der Waals surface area contributed by atoms with E-state index < -0.39 is 0 Å². The van der Waals surface area contributed by atoms with E-state index in [0.29, 0.717) is 0 Å². The molecule has 3 radical (unpaired) electrons. The van der Waals surface area contributed by atoms with Crippen molar-refractivity contribution in [1.29, 1.82) is 5.26 Å². The first-order chi connectivity index (χ1) is 7.72. The summed E-state index contributed by atoms with van der Waals surface area (Å²) in [6, 6.07) is 8.15. The Morgan fingerprint density at radius 1 is 1.50 bits per heavy atom. The van der Waals surface area contributed by atoms with Gasteiger partial charge in [-0.05, 0) is 0 Å². The molecular formula is C12H11N2OSn. The first-order valence-corrected chi connectivity index (χ1v) is 6.47. The van der Waals surface area contributed by atoms with Gasteiger partial charge in [0.15, 0.2) is 0 Å². The van der Waals surface area contributed by atoms with Crippen molar-refractivity contribution in [1.82, 2.24) is 4.57 Å². The summed E-state index contributed by atoms with van der Waals surface area (Å²) in [4.78, 5) is 0. The van der Waals surface area contributed by atoms with E-state index in [0.717, 1.165) is 32.5 Å². The summed E-state index contributed by atoms with van der Waals surface area (Å²) in [6.45, 7) is 2.97. The van der Waals surface area contributed by atoms with Crippen LogP contribution < -0.4 is 8.45 Å². The van der Waals surface area contributed by atoms with Crippen LogP contribution in [0.3, 0.4) is 0 Å².